The number of allylic oxidation sites excluding steroid dienone is 4. The molecule has 1 aromatic rings. The molecule has 2 rings (SSSR count). The summed E-state index contributed by atoms with van der Waals surface area (Å²) in [7, 11) is 0. The van der Waals surface area contributed by atoms with Crippen molar-refractivity contribution in [2.45, 2.75) is 6.54 Å². The van der Waals surface area contributed by atoms with Gasteiger partial charge in [-0.1, -0.05) is 12.2 Å². The van der Waals surface area contributed by atoms with Gasteiger partial charge in [-0.15, -0.1) is 4.91 Å². The second-order valence-electron chi connectivity index (χ2n) is 4.63. The lowest BCUT2D eigenvalue weighted by atomic mass is 10.2. The third-order valence-electron chi connectivity index (χ3n) is 3.12. The first-order valence-corrected chi connectivity index (χ1v) is 6.79. The van der Waals surface area contributed by atoms with Crippen LogP contribution in [-0.2, 0) is 6.54 Å². The van der Waals surface area contributed by atoms with Crippen LogP contribution < -0.4 is 10.3 Å². The van der Waals surface area contributed by atoms with Crippen molar-refractivity contribution >= 4 is 5.91 Å². The van der Waals surface area contributed by atoms with Crippen molar-refractivity contribution < 1.29 is 9.36 Å². The van der Waals surface area contributed by atoms with E-state index in [4.69, 9.17) is 5.73 Å². The van der Waals surface area contributed by atoms with E-state index in [0.717, 1.165) is 5.70 Å². The van der Waals surface area contributed by atoms with Gasteiger partial charge in [0, 0.05) is 24.9 Å². The second-order valence-corrected chi connectivity index (χ2v) is 4.63. The van der Waals surface area contributed by atoms with Gasteiger partial charge in [0.15, 0.2) is 18.9 Å². The predicted molar refractivity (Wildman–Crippen MR) is 83.2 cm³/mol. The zero-order valence-electron chi connectivity index (χ0n) is 12.0. The maximum Gasteiger partial charge on any atom is 0.249 e. The van der Waals surface area contributed by atoms with Crippen LogP contribution >= 0.6 is 0 Å². The number of nitrogens with zero attached hydrogens (tertiary/aromatic N) is 3. The first-order chi connectivity index (χ1) is 10.7. The molecule has 0 saturated heterocycles. The normalized spacial score (nSPS) is 15.6. The van der Waals surface area contributed by atoms with Gasteiger partial charge >= 0.3 is 0 Å². The highest BCUT2D eigenvalue weighted by molar-refractivity contribution is 5.92. The highest BCUT2D eigenvalue weighted by atomic mass is 16.2. The first kappa shape index (κ1) is 15.4. The lowest BCUT2D eigenvalue weighted by Crippen LogP contribution is -2.32. The molecule has 0 radical (unpaired) electrons. The number of nitroso groups, excluding NO2 is 1. The molecular weight excluding hydrogens is 280 g/mol. The summed E-state index contributed by atoms with van der Waals surface area (Å²) < 4.78 is 1.93. The summed E-state index contributed by atoms with van der Waals surface area (Å²) in [6, 6.07) is 3.37. The van der Waals surface area contributed by atoms with E-state index in [1.54, 1.807) is 24.5 Å². The molecular formula is C16H17N4O2+. The molecule has 0 aromatic carbocycles. The Hall–Kier alpha value is -3.02. The van der Waals surface area contributed by atoms with E-state index in [-0.39, 0.29) is 0 Å². The molecule has 1 aliphatic rings. The van der Waals surface area contributed by atoms with Crippen LogP contribution in [0.25, 0.3) is 0 Å². The molecule has 1 aromatic heterocycles. The van der Waals surface area contributed by atoms with E-state index in [2.05, 4.69) is 5.18 Å². The van der Waals surface area contributed by atoms with Gasteiger partial charge in [-0.25, -0.2) is 4.57 Å². The van der Waals surface area contributed by atoms with Crippen LogP contribution in [0.15, 0.2) is 78.2 Å². The first-order valence-electron chi connectivity index (χ1n) is 6.79. The molecule has 0 saturated carbocycles. The lowest BCUT2D eigenvalue weighted by molar-refractivity contribution is -0.687. The fourth-order valence-corrected chi connectivity index (χ4v) is 1.95. The molecule has 112 valence electrons. The summed E-state index contributed by atoms with van der Waals surface area (Å²) in [4.78, 5) is 23.2. The molecule has 0 unspecified atom stereocenters. The van der Waals surface area contributed by atoms with E-state index in [1.807, 2.05) is 46.0 Å². The predicted octanol–water partition coefficient (Wildman–Crippen LogP) is 1.62. The minimum atomic E-state index is -0.435. The Balaban J connectivity index is 1.89. The number of nitrogens with two attached hydrogens (primary N) is 1. The van der Waals surface area contributed by atoms with E-state index in [1.165, 1.54) is 6.20 Å². The highest BCUT2D eigenvalue weighted by Crippen LogP contribution is 2.12. The number of aromatic nitrogens is 1. The number of primary amides is 1. The summed E-state index contributed by atoms with van der Waals surface area (Å²) in [5.41, 5.74) is 6.43. The largest absolute Gasteiger partial charge is 0.366 e. The molecule has 0 aliphatic carbocycles. The number of amides is 1. The fourth-order valence-electron chi connectivity index (χ4n) is 1.95. The van der Waals surface area contributed by atoms with Crippen LogP contribution in [-0.4, -0.2) is 17.4 Å². The van der Waals surface area contributed by atoms with Crippen molar-refractivity contribution in [2.75, 3.05) is 6.54 Å². The Morgan fingerprint density at radius 3 is 2.73 bits per heavy atom. The van der Waals surface area contributed by atoms with Gasteiger partial charge in [0.25, 0.3) is 0 Å². The van der Waals surface area contributed by atoms with Crippen molar-refractivity contribution in [1.82, 2.24) is 4.90 Å². The van der Waals surface area contributed by atoms with Crippen LogP contribution in [0.2, 0.25) is 0 Å². The molecule has 1 amide bonds. The Morgan fingerprint density at radius 1 is 1.27 bits per heavy atom. The topological polar surface area (TPSA) is 79.6 Å². The second kappa shape index (κ2) is 7.68. The number of pyridine rings is 1. The molecule has 2 N–H and O–H groups in total. The number of hydrogen-bond donors (Lipinski definition) is 1. The zero-order valence-corrected chi connectivity index (χ0v) is 12.0. The standard InChI is InChI=1S/C16H16N4O2/c17-16(21)14-6-11-19(12-7-14)8-3-4-10-20-9-2-1-5-15(20)13-18-22/h1-7,9,11-13H,8,10H2,(H-,17,21)/p+1/b4-3+,15-13+. The number of carbonyl (C=O) groups excluding carboxylic acids is 1. The SMILES string of the molecule is NC(=O)c1cc[n+](C/C=C/CN2C=CC=C/C2=C\N=O)cc1. The molecule has 22 heavy (non-hydrogen) atoms. The van der Waals surface area contributed by atoms with E-state index >= 15 is 0 Å². The maximum atomic E-state index is 11.0. The van der Waals surface area contributed by atoms with Crippen molar-refractivity contribution in [2.24, 2.45) is 10.9 Å². The Morgan fingerprint density at radius 2 is 2.05 bits per heavy atom. The quantitative estimate of drug-likeness (QED) is 0.492. The van der Waals surface area contributed by atoms with Crippen molar-refractivity contribution in [1.29, 1.82) is 0 Å². The van der Waals surface area contributed by atoms with Crippen LogP contribution in [0.3, 0.4) is 0 Å². The summed E-state index contributed by atoms with van der Waals surface area (Å²) >= 11 is 0. The summed E-state index contributed by atoms with van der Waals surface area (Å²) in [6.07, 6.45) is 16.3. The minimum absolute atomic E-state index is 0.435. The average molecular weight is 297 g/mol. The van der Waals surface area contributed by atoms with Crippen molar-refractivity contribution in [3.63, 3.8) is 0 Å². The van der Waals surface area contributed by atoms with Crippen LogP contribution in [0.5, 0.6) is 0 Å². The maximum absolute atomic E-state index is 11.0. The molecule has 6 heteroatoms. The molecule has 0 atom stereocenters. The third kappa shape index (κ3) is 4.24. The van der Waals surface area contributed by atoms with Crippen LogP contribution in [0.1, 0.15) is 10.4 Å². The fraction of sp³-hybridized carbons (Fsp3) is 0.125. The lowest BCUT2D eigenvalue weighted by Gasteiger charge is -2.20. The monoisotopic (exact) mass is 297 g/mol. The smallest absolute Gasteiger partial charge is 0.249 e. The number of rotatable bonds is 6. The number of carbonyl (C=O) groups is 1. The van der Waals surface area contributed by atoms with E-state index < -0.39 is 5.91 Å². The molecule has 0 bridgehead atoms. The van der Waals surface area contributed by atoms with Gasteiger partial charge in [-0.3, -0.25) is 4.79 Å². The van der Waals surface area contributed by atoms with Gasteiger partial charge in [-0.05, 0) is 23.4 Å². The summed E-state index contributed by atoms with van der Waals surface area (Å²) in [6.45, 7) is 1.32. The summed E-state index contributed by atoms with van der Waals surface area (Å²) in [5, 5.41) is 2.80. The highest BCUT2D eigenvalue weighted by Gasteiger charge is 2.05. The van der Waals surface area contributed by atoms with Gasteiger partial charge in [0.2, 0.25) is 5.91 Å². The Kier molecular flexibility index (Phi) is 5.37. The number of hydrogen-bond acceptors (Lipinski definition) is 4. The van der Waals surface area contributed by atoms with Gasteiger partial charge in [0.05, 0.1) is 17.5 Å². The van der Waals surface area contributed by atoms with Crippen LogP contribution in [0, 0.1) is 4.91 Å². The van der Waals surface area contributed by atoms with Gasteiger partial charge in [0.1, 0.15) is 0 Å². The van der Waals surface area contributed by atoms with Crippen molar-refractivity contribution in [3.05, 3.63) is 83.5 Å². The van der Waals surface area contributed by atoms with Crippen LogP contribution in [0.4, 0.5) is 0 Å². The average Bonchev–Trinajstić information content (AvgIpc) is 2.53. The Labute approximate surface area is 128 Å². The summed E-state index contributed by atoms with van der Waals surface area (Å²) in [5.74, 6) is -0.435. The molecule has 1 aliphatic heterocycles. The molecule has 0 fully saturated rings. The zero-order chi connectivity index (χ0) is 15.8. The van der Waals surface area contributed by atoms with E-state index in [9.17, 15) is 9.70 Å². The van der Waals surface area contributed by atoms with Gasteiger partial charge in [-0.2, -0.15) is 0 Å². The third-order valence-corrected chi connectivity index (χ3v) is 3.12. The molecule has 0 spiro atoms. The van der Waals surface area contributed by atoms with Gasteiger partial charge < -0.3 is 10.6 Å². The van der Waals surface area contributed by atoms with Crippen molar-refractivity contribution in [3.8, 4) is 0 Å². The minimum Gasteiger partial charge on any atom is -0.366 e. The Bertz CT molecular complexity index is 657. The van der Waals surface area contributed by atoms with E-state index in [0.29, 0.717) is 18.7 Å². The molecule has 2 heterocycles. The molecule has 6 nitrogen and oxygen atoms in total.